The number of esters is 2. The number of aryl methyl sites for hydroxylation is 1. The molecule has 4 N–H and O–H groups in total. The highest BCUT2D eigenvalue weighted by Crippen LogP contribution is 2.40. The Bertz CT molecular complexity index is 3130. The van der Waals surface area contributed by atoms with Crippen molar-refractivity contribution in [2.45, 2.75) is 122 Å². The van der Waals surface area contributed by atoms with Crippen LogP contribution in [0.25, 0.3) is 0 Å². The second-order valence-electron chi connectivity index (χ2n) is 21.0. The summed E-state index contributed by atoms with van der Waals surface area (Å²) < 4.78 is 28.3. The van der Waals surface area contributed by atoms with Crippen LogP contribution in [-0.4, -0.2) is 127 Å². The number of fused-ring (bicyclic) bond motifs is 1. The molecule has 0 bridgehead atoms. The number of piperidine rings is 2. The number of nitrogens with zero attached hydrogens (tertiary/aromatic N) is 2. The third-order valence-corrected chi connectivity index (χ3v) is 15.0. The minimum atomic E-state index is -2.50. The summed E-state index contributed by atoms with van der Waals surface area (Å²) in [5.74, 6) is -7.50. The Hall–Kier alpha value is -8.95. The summed E-state index contributed by atoms with van der Waals surface area (Å²) in [6.07, 6.45) is 1.76. The number of Topliss-reactive ketones (excluding diaryl/α,β-unsaturated/α-hetero) is 1. The lowest BCUT2D eigenvalue weighted by molar-refractivity contribution is -0.165. The summed E-state index contributed by atoms with van der Waals surface area (Å²) in [7, 11) is 3.07. The standard InChI is InChI=1S/C61H70N6O16/c1-6-60(2,3)53(72)56(75)66-33-13-10-21-43(66)57(76)83-44(25-23-38-24-26-45(79-4)47(34-38)80-5)40-18-14-19-41(35-40)64-49(69)28-27-48(68)62-31-11-12-32-63-51(71)37-81-46-22-15-20-42-52(46)55(74)67(54(42)73)61(30-29-50(70)65-58(61)77)59(78)82-36-39-16-8-7-9-17-39/h7-9,14-20,22,24,26,34-35,43-44H,6,10-13,21,23,25,27-33,36-37H2,1-5H3,(H,62,68)(H,63,71)(H,64,69)(H,65,70,77). The van der Waals surface area contributed by atoms with Gasteiger partial charge in [0, 0.05) is 50.0 Å². The number of carbonyl (C=O) groups is 11. The highest BCUT2D eigenvalue weighted by atomic mass is 16.5. The van der Waals surface area contributed by atoms with Crippen molar-refractivity contribution < 1.29 is 76.4 Å². The van der Waals surface area contributed by atoms with Crippen molar-refractivity contribution in [2.75, 3.05) is 45.8 Å². The van der Waals surface area contributed by atoms with Crippen molar-refractivity contribution in [1.82, 2.24) is 25.8 Å². The second-order valence-corrected chi connectivity index (χ2v) is 21.0. The number of ether oxygens (including phenoxy) is 5. The van der Waals surface area contributed by atoms with Gasteiger partial charge in [0.05, 0.1) is 25.3 Å². The van der Waals surface area contributed by atoms with Crippen LogP contribution in [0.2, 0.25) is 0 Å². The lowest BCUT2D eigenvalue weighted by atomic mass is 9.84. The van der Waals surface area contributed by atoms with E-state index in [1.54, 1.807) is 74.5 Å². The van der Waals surface area contributed by atoms with E-state index in [2.05, 4.69) is 21.3 Å². The Balaban J connectivity index is 0.869. The highest BCUT2D eigenvalue weighted by Gasteiger charge is 2.62. The monoisotopic (exact) mass is 1140 g/mol. The van der Waals surface area contributed by atoms with E-state index in [0.29, 0.717) is 84.6 Å². The van der Waals surface area contributed by atoms with Gasteiger partial charge in [0.25, 0.3) is 29.5 Å². The number of nitrogens with one attached hydrogen (secondary N) is 4. The molecule has 2 fully saturated rings. The normalized spacial score (nSPS) is 17.1. The fourth-order valence-electron chi connectivity index (χ4n) is 9.87. The number of rotatable bonds is 27. The van der Waals surface area contributed by atoms with Gasteiger partial charge in [-0.25, -0.2) is 14.5 Å². The van der Waals surface area contributed by atoms with Gasteiger partial charge in [0.1, 0.15) is 24.5 Å². The van der Waals surface area contributed by atoms with Crippen LogP contribution >= 0.6 is 0 Å². The van der Waals surface area contributed by atoms with Crippen LogP contribution in [0.3, 0.4) is 0 Å². The fourth-order valence-corrected chi connectivity index (χ4v) is 9.87. The first-order valence-electron chi connectivity index (χ1n) is 27.7. The first-order chi connectivity index (χ1) is 39.8. The van der Waals surface area contributed by atoms with Gasteiger partial charge in [-0.2, -0.15) is 0 Å². The molecular formula is C61H70N6O16. The molecule has 22 heteroatoms. The van der Waals surface area contributed by atoms with E-state index in [1.807, 2.05) is 19.1 Å². The zero-order chi connectivity index (χ0) is 59.8. The third kappa shape index (κ3) is 15.0. The van der Waals surface area contributed by atoms with Gasteiger partial charge in [-0.15, -0.1) is 0 Å². The van der Waals surface area contributed by atoms with Crippen molar-refractivity contribution in [3.8, 4) is 17.2 Å². The number of carbonyl (C=O) groups excluding carboxylic acids is 11. The average molecular weight is 1140 g/mol. The molecule has 3 unspecified atom stereocenters. The summed E-state index contributed by atoms with van der Waals surface area (Å²) in [6.45, 7) is 5.08. The number of benzene rings is 4. The minimum absolute atomic E-state index is 0.124. The number of imide groups is 2. The average Bonchev–Trinajstić information content (AvgIpc) is 2.74. The summed E-state index contributed by atoms with van der Waals surface area (Å²) in [4.78, 5) is 149. The molecule has 8 amide bonds. The predicted octanol–water partition coefficient (Wildman–Crippen LogP) is 5.63. The van der Waals surface area contributed by atoms with Gasteiger partial charge < -0.3 is 44.5 Å². The van der Waals surface area contributed by atoms with Crippen molar-refractivity contribution in [3.63, 3.8) is 0 Å². The third-order valence-electron chi connectivity index (χ3n) is 15.0. The molecule has 3 aliphatic heterocycles. The molecule has 0 radical (unpaired) electrons. The van der Waals surface area contributed by atoms with Gasteiger partial charge in [-0.3, -0.25) is 48.5 Å². The first-order valence-corrected chi connectivity index (χ1v) is 27.7. The fraction of sp³-hybridized carbons (Fsp3) is 0.426. The Labute approximate surface area is 480 Å². The second kappa shape index (κ2) is 28.2. The van der Waals surface area contributed by atoms with Gasteiger partial charge in [-0.05, 0) is 111 Å². The summed E-state index contributed by atoms with van der Waals surface area (Å²) in [6, 6.07) is 24.0. The maximum Gasteiger partial charge on any atom is 0.342 e. The molecule has 22 nitrogen and oxygen atoms in total. The van der Waals surface area contributed by atoms with E-state index in [0.717, 1.165) is 5.56 Å². The van der Waals surface area contributed by atoms with E-state index >= 15 is 0 Å². The van der Waals surface area contributed by atoms with Crippen LogP contribution in [0.5, 0.6) is 17.2 Å². The first kappa shape index (κ1) is 61.7. The molecule has 4 aromatic rings. The molecule has 0 aromatic heterocycles. The number of anilines is 1. The van der Waals surface area contributed by atoms with Gasteiger partial charge in [-0.1, -0.05) is 75.4 Å². The van der Waals surface area contributed by atoms with Gasteiger partial charge in [0.2, 0.25) is 29.0 Å². The maximum atomic E-state index is 14.1. The Morgan fingerprint density at radius 2 is 1.47 bits per heavy atom. The van der Waals surface area contributed by atoms with Crippen LogP contribution in [0.1, 0.15) is 135 Å². The van der Waals surface area contributed by atoms with Crippen LogP contribution < -0.4 is 35.5 Å². The molecule has 3 atom stereocenters. The number of hydrogen-bond donors (Lipinski definition) is 4. The van der Waals surface area contributed by atoms with Crippen molar-refractivity contribution >= 4 is 70.7 Å². The molecule has 3 heterocycles. The molecule has 440 valence electrons. The van der Waals surface area contributed by atoms with Crippen molar-refractivity contribution in [3.05, 3.63) is 119 Å². The topological polar surface area (TPSA) is 289 Å². The van der Waals surface area contributed by atoms with Crippen molar-refractivity contribution in [2.24, 2.45) is 5.41 Å². The lowest BCUT2D eigenvalue weighted by Gasteiger charge is -2.38. The molecule has 0 aliphatic carbocycles. The van der Waals surface area contributed by atoms with Crippen LogP contribution in [0.4, 0.5) is 5.69 Å². The number of methoxy groups -OCH3 is 2. The number of hydrogen-bond acceptors (Lipinski definition) is 16. The van der Waals surface area contributed by atoms with Crippen LogP contribution in [-0.2, 0) is 65.7 Å². The predicted molar refractivity (Wildman–Crippen MR) is 298 cm³/mol. The van der Waals surface area contributed by atoms with Crippen molar-refractivity contribution in [1.29, 1.82) is 0 Å². The molecule has 0 spiro atoms. The molecule has 3 aliphatic rings. The van der Waals surface area contributed by atoms with E-state index in [9.17, 15) is 52.7 Å². The quantitative estimate of drug-likeness (QED) is 0.0185. The van der Waals surface area contributed by atoms with E-state index in [-0.39, 0.29) is 68.3 Å². The Morgan fingerprint density at radius 1 is 0.759 bits per heavy atom. The highest BCUT2D eigenvalue weighted by molar-refractivity contribution is 6.38. The Kier molecular flexibility index (Phi) is 20.9. The van der Waals surface area contributed by atoms with E-state index in [4.69, 9.17) is 23.7 Å². The molecule has 7 rings (SSSR count). The molecule has 2 saturated heterocycles. The lowest BCUT2D eigenvalue weighted by Crippen LogP contribution is -2.68. The molecule has 0 saturated carbocycles. The number of likely N-dealkylation sites (tertiary alicyclic amines) is 1. The summed E-state index contributed by atoms with van der Waals surface area (Å²) in [5, 5.41) is 10.3. The summed E-state index contributed by atoms with van der Waals surface area (Å²) >= 11 is 0. The number of unbranched alkanes of at least 4 members (excludes halogenated alkanes) is 1. The van der Waals surface area contributed by atoms with Crippen LogP contribution in [0.15, 0.2) is 91.0 Å². The largest absolute Gasteiger partial charge is 0.493 e. The van der Waals surface area contributed by atoms with Gasteiger partial charge in [0.15, 0.2) is 18.1 Å². The number of ketones is 1. The SMILES string of the molecule is CCC(C)(C)C(=O)C(=O)N1CCCCC1C(=O)OC(CCc1ccc(OC)c(OC)c1)c1cccc(NC(=O)CCC(=O)NCCCCNC(=O)COc2cccc3c2C(=O)N(C2(C(=O)OCc4ccccc4)CCC(=O)NC2=O)C3=O)c1. The smallest absolute Gasteiger partial charge is 0.342 e. The Morgan fingerprint density at radius 3 is 2.18 bits per heavy atom. The summed E-state index contributed by atoms with van der Waals surface area (Å²) in [5.41, 5.74) is -1.45. The number of amides is 8. The van der Waals surface area contributed by atoms with E-state index in [1.165, 1.54) is 37.3 Å². The van der Waals surface area contributed by atoms with Crippen LogP contribution in [0, 0.1) is 5.41 Å². The molecule has 83 heavy (non-hydrogen) atoms. The molecule has 4 aromatic carbocycles. The van der Waals surface area contributed by atoms with E-state index < -0.39 is 95.2 Å². The maximum absolute atomic E-state index is 14.1. The minimum Gasteiger partial charge on any atom is -0.493 e. The van der Waals surface area contributed by atoms with Gasteiger partial charge >= 0.3 is 11.9 Å². The zero-order valence-electron chi connectivity index (χ0n) is 47.3. The zero-order valence-corrected chi connectivity index (χ0v) is 47.3. The molecular weight excluding hydrogens is 1070 g/mol.